The van der Waals surface area contributed by atoms with Gasteiger partial charge in [0.15, 0.2) is 0 Å². The number of aliphatic hydroxyl groups is 1. The summed E-state index contributed by atoms with van der Waals surface area (Å²) in [5.41, 5.74) is 2.92. The van der Waals surface area contributed by atoms with Crippen molar-refractivity contribution in [1.82, 2.24) is 0 Å². The van der Waals surface area contributed by atoms with Crippen LogP contribution in [0.1, 0.15) is 51.9 Å². The van der Waals surface area contributed by atoms with Crippen molar-refractivity contribution in [3.8, 4) is 0 Å². The second-order valence-corrected chi connectivity index (χ2v) is 8.81. The van der Waals surface area contributed by atoms with Crippen LogP contribution in [-0.2, 0) is 19.1 Å². The molecule has 33 heavy (non-hydrogen) atoms. The summed E-state index contributed by atoms with van der Waals surface area (Å²) in [6.07, 6.45) is 16.9. The van der Waals surface area contributed by atoms with E-state index in [1.807, 2.05) is 19.1 Å². The zero-order valence-corrected chi connectivity index (χ0v) is 19.5. The van der Waals surface area contributed by atoms with E-state index in [-0.39, 0.29) is 30.1 Å². The summed E-state index contributed by atoms with van der Waals surface area (Å²) in [5, 5.41) is 23.3. The molecule has 3 unspecified atom stereocenters. The Balaban J connectivity index is 1.46. The van der Waals surface area contributed by atoms with Crippen molar-refractivity contribution in [2.75, 3.05) is 20.3 Å². The summed E-state index contributed by atoms with van der Waals surface area (Å²) in [5.74, 6) is 0.379. The van der Waals surface area contributed by atoms with E-state index in [4.69, 9.17) is 19.4 Å². The third-order valence-corrected chi connectivity index (χ3v) is 6.29. The highest BCUT2D eigenvalue weighted by Crippen LogP contribution is 2.32. The summed E-state index contributed by atoms with van der Waals surface area (Å²) < 4.78 is 12.1. The predicted octanol–water partition coefficient (Wildman–Crippen LogP) is 5.23. The number of nitrogens with zero attached hydrogens (tertiary/aromatic N) is 1. The summed E-state index contributed by atoms with van der Waals surface area (Å²) in [6, 6.07) is 0. The Labute approximate surface area is 195 Å². The highest BCUT2D eigenvalue weighted by atomic mass is 16.6. The van der Waals surface area contributed by atoms with Crippen molar-refractivity contribution < 1.29 is 29.3 Å². The number of carboxylic acids is 1. The van der Waals surface area contributed by atoms with Crippen LogP contribution in [0.25, 0.3) is 0 Å². The van der Waals surface area contributed by atoms with Gasteiger partial charge in [-0.05, 0) is 49.7 Å². The summed E-state index contributed by atoms with van der Waals surface area (Å²) in [6.45, 7) is 2.99. The van der Waals surface area contributed by atoms with Crippen LogP contribution < -0.4 is 0 Å². The molecule has 3 atom stereocenters. The highest BCUT2D eigenvalue weighted by Gasteiger charge is 2.23. The first-order valence-corrected chi connectivity index (χ1v) is 11.7. The molecule has 0 aliphatic heterocycles. The molecule has 2 N–H and O–H groups in total. The Morgan fingerprint density at radius 1 is 1.27 bits per heavy atom. The number of hydrogen-bond acceptors (Lipinski definition) is 6. The molecule has 0 radical (unpaired) electrons. The second kappa shape index (κ2) is 12.4. The first kappa shape index (κ1) is 24.8. The maximum absolute atomic E-state index is 10.8. The standard InChI is InChI=1S/C26H35NO6/c1-18-14-21(10-13-26(29)30)24(28)15-25(18)33-16-19-8-11-22(12-9-19)32-17-23(27-31-2)20-6-4-3-5-7-20/h3-6,8,15,18,20,22,28H,7,9-14,16-17H2,1-2H3,(H,29,30)/b27-23+. The Morgan fingerprint density at radius 2 is 2.12 bits per heavy atom. The minimum Gasteiger partial charge on any atom is -0.508 e. The fraction of sp³-hybridized carbons (Fsp3) is 0.538. The smallest absolute Gasteiger partial charge is 0.303 e. The van der Waals surface area contributed by atoms with E-state index in [2.05, 4.69) is 23.4 Å². The molecule has 0 bridgehead atoms. The van der Waals surface area contributed by atoms with Crippen molar-refractivity contribution in [3.05, 3.63) is 59.1 Å². The number of carboxylic acid groups (broad SMARTS) is 1. The minimum absolute atomic E-state index is 0.0273. The number of hydrogen-bond donors (Lipinski definition) is 2. The molecule has 0 heterocycles. The fourth-order valence-electron chi connectivity index (χ4n) is 4.30. The summed E-state index contributed by atoms with van der Waals surface area (Å²) in [7, 11) is 1.56. The van der Waals surface area contributed by atoms with Gasteiger partial charge in [0.25, 0.3) is 0 Å². The Hall–Kier alpha value is -2.80. The molecular formula is C26H35NO6. The van der Waals surface area contributed by atoms with Crippen LogP contribution >= 0.6 is 0 Å². The average molecular weight is 458 g/mol. The number of aliphatic hydroxyl groups excluding tert-OH is 1. The zero-order chi connectivity index (χ0) is 23.6. The van der Waals surface area contributed by atoms with Gasteiger partial charge in [-0.15, -0.1) is 0 Å². The van der Waals surface area contributed by atoms with E-state index in [9.17, 15) is 9.90 Å². The molecule has 0 aromatic rings. The van der Waals surface area contributed by atoms with E-state index in [0.29, 0.717) is 26.1 Å². The minimum atomic E-state index is -0.856. The molecule has 0 amide bonds. The fourth-order valence-corrected chi connectivity index (χ4v) is 4.30. The lowest BCUT2D eigenvalue weighted by atomic mass is 9.90. The van der Waals surface area contributed by atoms with Crippen LogP contribution in [0.15, 0.2) is 64.3 Å². The molecule has 7 nitrogen and oxygen atoms in total. The van der Waals surface area contributed by atoms with E-state index in [1.165, 1.54) is 5.57 Å². The maximum Gasteiger partial charge on any atom is 0.303 e. The number of aliphatic carboxylic acids is 1. The molecule has 0 aromatic carbocycles. The average Bonchev–Trinajstić information content (AvgIpc) is 2.82. The number of ether oxygens (including phenoxy) is 2. The quantitative estimate of drug-likeness (QED) is 0.250. The summed E-state index contributed by atoms with van der Waals surface area (Å²) in [4.78, 5) is 15.8. The monoisotopic (exact) mass is 457 g/mol. The van der Waals surface area contributed by atoms with Gasteiger partial charge in [0.1, 0.15) is 25.2 Å². The van der Waals surface area contributed by atoms with Gasteiger partial charge < -0.3 is 24.5 Å². The van der Waals surface area contributed by atoms with E-state index >= 15 is 0 Å². The number of carbonyl (C=O) groups is 1. The van der Waals surface area contributed by atoms with Crippen molar-refractivity contribution in [2.24, 2.45) is 17.0 Å². The van der Waals surface area contributed by atoms with Crippen LogP contribution in [0.5, 0.6) is 0 Å². The third-order valence-electron chi connectivity index (χ3n) is 6.29. The van der Waals surface area contributed by atoms with Gasteiger partial charge in [0.2, 0.25) is 0 Å². The zero-order valence-electron chi connectivity index (χ0n) is 19.5. The first-order valence-electron chi connectivity index (χ1n) is 11.7. The van der Waals surface area contributed by atoms with Gasteiger partial charge in [0, 0.05) is 24.3 Å². The van der Waals surface area contributed by atoms with Crippen LogP contribution in [0.3, 0.4) is 0 Å². The Morgan fingerprint density at radius 3 is 2.79 bits per heavy atom. The third kappa shape index (κ3) is 7.63. The van der Waals surface area contributed by atoms with Gasteiger partial charge in [-0.2, -0.15) is 0 Å². The van der Waals surface area contributed by atoms with Gasteiger partial charge >= 0.3 is 5.97 Å². The molecule has 180 valence electrons. The van der Waals surface area contributed by atoms with Gasteiger partial charge in [0.05, 0.1) is 18.4 Å². The van der Waals surface area contributed by atoms with E-state index in [0.717, 1.165) is 42.7 Å². The van der Waals surface area contributed by atoms with Crippen molar-refractivity contribution in [2.45, 2.75) is 58.0 Å². The van der Waals surface area contributed by atoms with E-state index < -0.39 is 5.97 Å². The molecule has 0 aromatic heterocycles. The molecule has 7 heteroatoms. The predicted molar refractivity (Wildman–Crippen MR) is 127 cm³/mol. The molecule has 0 spiro atoms. The van der Waals surface area contributed by atoms with Crippen LogP contribution in [0, 0.1) is 11.8 Å². The highest BCUT2D eigenvalue weighted by molar-refractivity contribution is 5.89. The Kier molecular flexibility index (Phi) is 9.36. The van der Waals surface area contributed by atoms with Gasteiger partial charge in [-0.25, -0.2) is 0 Å². The first-order chi connectivity index (χ1) is 16.0. The number of allylic oxidation sites excluding steroid dienone is 7. The second-order valence-electron chi connectivity index (χ2n) is 8.81. The van der Waals surface area contributed by atoms with Crippen LogP contribution in [0.2, 0.25) is 0 Å². The Bertz CT molecular complexity index is 879. The molecule has 0 saturated heterocycles. The normalized spacial score (nSPS) is 25.5. The van der Waals surface area contributed by atoms with E-state index in [1.54, 1.807) is 13.2 Å². The van der Waals surface area contributed by atoms with Gasteiger partial charge in [-0.3, -0.25) is 4.79 Å². The topological polar surface area (TPSA) is 97.6 Å². The lowest BCUT2D eigenvalue weighted by molar-refractivity contribution is -0.136. The largest absolute Gasteiger partial charge is 0.508 e. The molecule has 0 fully saturated rings. The van der Waals surface area contributed by atoms with Crippen LogP contribution in [0.4, 0.5) is 0 Å². The lowest BCUT2D eigenvalue weighted by Gasteiger charge is -2.26. The molecule has 3 rings (SSSR count). The van der Waals surface area contributed by atoms with Crippen LogP contribution in [-0.4, -0.2) is 48.3 Å². The SMILES string of the molecule is CO/N=C(\COC1CC=C(COC2=CC(O)=C(CCC(=O)O)CC2C)CC1)C1C=CC=CC1. The van der Waals surface area contributed by atoms with Gasteiger partial charge in [-0.1, -0.05) is 42.5 Å². The molecule has 0 saturated carbocycles. The lowest BCUT2D eigenvalue weighted by Crippen LogP contribution is -2.25. The van der Waals surface area contributed by atoms with Crippen molar-refractivity contribution in [1.29, 1.82) is 0 Å². The number of rotatable bonds is 11. The van der Waals surface area contributed by atoms with Crippen molar-refractivity contribution >= 4 is 11.7 Å². The molecule has 3 aliphatic carbocycles. The molecule has 3 aliphatic rings. The molecular weight excluding hydrogens is 422 g/mol. The maximum atomic E-state index is 10.8. The summed E-state index contributed by atoms with van der Waals surface area (Å²) >= 11 is 0. The number of oxime groups is 1. The van der Waals surface area contributed by atoms with Crippen molar-refractivity contribution in [3.63, 3.8) is 0 Å².